The number of fused-ring (bicyclic) bond motifs is 1. The molecule has 0 saturated heterocycles. The quantitative estimate of drug-likeness (QED) is 0.722. The summed E-state index contributed by atoms with van der Waals surface area (Å²) in [5, 5.41) is 0. The van der Waals surface area contributed by atoms with Gasteiger partial charge >= 0.3 is 0 Å². The number of thioether (sulfide) groups is 1. The average molecular weight is 363 g/mol. The summed E-state index contributed by atoms with van der Waals surface area (Å²) in [6, 6.07) is 14.0. The second-order valence-corrected chi connectivity index (χ2v) is 7.03. The molecular formula is C17H15BrO2S. The second-order valence-electron chi connectivity index (χ2n) is 5.05. The van der Waals surface area contributed by atoms with Gasteiger partial charge in [0.2, 0.25) is 0 Å². The van der Waals surface area contributed by atoms with E-state index >= 15 is 0 Å². The summed E-state index contributed by atoms with van der Waals surface area (Å²) in [7, 11) is 0. The third kappa shape index (κ3) is 3.16. The van der Waals surface area contributed by atoms with Crippen molar-refractivity contribution in [3.63, 3.8) is 0 Å². The summed E-state index contributed by atoms with van der Waals surface area (Å²) in [5.41, 5.74) is 1.99. The Morgan fingerprint density at radius 2 is 2.14 bits per heavy atom. The van der Waals surface area contributed by atoms with Gasteiger partial charge in [-0.15, -0.1) is 11.8 Å². The molecule has 1 aliphatic rings. The molecule has 2 aromatic rings. The monoisotopic (exact) mass is 362 g/mol. The lowest BCUT2D eigenvalue weighted by atomic mass is 10.0. The molecule has 0 N–H and O–H groups in total. The Labute approximate surface area is 137 Å². The molecule has 0 fully saturated rings. The van der Waals surface area contributed by atoms with Crippen molar-refractivity contribution in [3.05, 3.63) is 58.1 Å². The molecule has 0 bridgehead atoms. The van der Waals surface area contributed by atoms with Gasteiger partial charge in [0.15, 0.2) is 5.78 Å². The minimum atomic E-state index is 0.0266. The smallest absolute Gasteiger partial charge is 0.163 e. The van der Waals surface area contributed by atoms with Gasteiger partial charge in [-0.25, -0.2) is 0 Å². The number of hydrogen-bond acceptors (Lipinski definition) is 3. The fraction of sp³-hybridized carbons (Fsp3) is 0.235. The predicted molar refractivity (Wildman–Crippen MR) is 89.5 cm³/mol. The highest BCUT2D eigenvalue weighted by atomic mass is 79.9. The van der Waals surface area contributed by atoms with Crippen molar-refractivity contribution < 1.29 is 9.53 Å². The fourth-order valence-electron chi connectivity index (χ4n) is 2.46. The Hall–Kier alpha value is -1.26. The molecule has 0 aromatic heterocycles. The Morgan fingerprint density at radius 1 is 1.33 bits per heavy atom. The molecular weight excluding hydrogens is 348 g/mol. The van der Waals surface area contributed by atoms with Crippen molar-refractivity contribution in [1.29, 1.82) is 0 Å². The number of ether oxygens (including phenoxy) is 1. The summed E-state index contributed by atoms with van der Waals surface area (Å²) < 4.78 is 6.88. The molecule has 1 atom stereocenters. The molecule has 3 rings (SSSR count). The molecule has 108 valence electrons. The van der Waals surface area contributed by atoms with Crippen LogP contribution in [0.1, 0.15) is 28.8 Å². The van der Waals surface area contributed by atoms with Gasteiger partial charge < -0.3 is 4.74 Å². The lowest BCUT2D eigenvalue weighted by Crippen LogP contribution is -2.11. The number of rotatable bonds is 4. The molecule has 0 spiro atoms. The van der Waals surface area contributed by atoms with Crippen molar-refractivity contribution >= 4 is 33.5 Å². The highest BCUT2D eigenvalue weighted by Crippen LogP contribution is 2.39. The number of benzene rings is 2. The van der Waals surface area contributed by atoms with Crippen LogP contribution in [0.3, 0.4) is 0 Å². The maximum absolute atomic E-state index is 11.7. The highest BCUT2D eigenvalue weighted by Gasteiger charge is 2.23. The lowest BCUT2D eigenvalue weighted by molar-refractivity contribution is 0.101. The summed E-state index contributed by atoms with van der Waals surface area (Å²) >= 11 is 5.30. The van der Waals surface area contributed by atoms with Gasteiger partial charge in [0.05, 0.1) is 12.2 Å². The summed E-state index contributed by atoms with van der Waals surface area (Å²) in [4.78, 5) is 13.0. The van der Waals surface area contributed by atoms with E-state index in [2.05, 4.69) is 40.2 Å². The van der Waals surface area contributed by atoms with E-state index in [1.54, 1.807) is 13.0 Å². The van der Waals surface area contributed by atoms with Crippen LogP contribution in [0.5, 0.6) is 5.75 Å². The SMILES string of the molecule is CC(=O)c1ccc(Br)cc1OCC1CSc2ccccc21. The zero-order valence-electron chi connectivity index (χ0n) is 11.6. The van der Waals surface area contributed by atoms with Crippen LogP contribution in [-0.4, -0.2) is 18.1 Å². The second kappa shape index (κ2) is 6.24. The molecule has 0 saturated carbocycles. The van der Waals surface area contributed by atoms with E-state index in [0.717, 1.165) is 10.2 Å². The summed E-state index contributed by atoms with van der Waals surface area (Å²) in [6.45, 7) is 2.16. The van der Waals surface area contributed by atoms with Gasteiger partial charge in [-0.1, -0.05) is 34.1 Å². The van der Waals surface area contributed by atoms with E-state index in [1.807, 2.05) is 23.9 Å². The largest absolute Gasteiger partial charge is 0.492 e. The third-order valence-electron chi connectivity index (χ3n) is 3.56. The first-order valence-electron chi connectivity index (χ1n) is 6.80. The van der Waals surface area contributed by atoms with Crippen LogP contribution in [0.4, 0.5) is 0 Å². The molecule has 4 heteroatoms. The molecule has 0 radical (unpaired) electrons. The third-order valence-corrected chi connectivity index (χ3v) is 5.31. The minimum Gasteiger partial charge on any atom is -0.492 e. The van der Waals surface area contributed by atoms with E-state index in [0.29, 0.717) is 23.8 Å². The van der Waals surface area contributed by atoms with E-state index < -0.39 is 0 Å². The number of hydrogen-bond donors (Lipinski definition) is 0. The summed E-state index contributed by atoms with van der Waals surface area (Å²) in [6.07, 6.45) is 0. The first-order chi connectivity index (χ1) is 10.1. The van der Waals surface area contributed by atoms with Crippen molar-refractivity contribution in [2.45, 2.75) is 17.7 Å². The maximum Gasteiger partial charge on any atom is 0.163 e. The molecule has 0 aliphatic carbocycles. The normalized spacial score (nSPS) is 16.6. The predicted octanol–water partition coefficient (Wildman–Crippen LogP) is 4.92. The van der Waals surface area contributed by atoms with Crippen LogP contribution >= 0.6 is 27.7 Å². The van der Waals surface area contributed by atoms with Crippen LogP contribution in [0.25, 0.3) is 0 Å². The van der Waals surface area contributed by atoms with E-state index in [9.17, 15) is 4.79 Å². The van der Waals surface area contributed by atoms with Crippen molar-refractivity contribution in [3.8, 4) is 5.75 Å². The lowest BCUT2D eigenvalue weighted by Gasteiger charge is -2.15. The Morgan fingerprint density at radius 3 is 2.95 bits per heavy atom. The van der Waals surface area contributed by atoms with Crippen LogP contribution in [-0.2, 0) is 0 Å². The first-order valence-corrected chi connectivity index (χ1v) is 8.58. The molecule has 2 aromatic carbocycles. The molecule has 1 aliphatic heterocycles. The minimum absolute atomic E-state index is 0.0266. The standard InChI is InChI=1S/C17H15BrO2S/c1-11(19)14-7-6-13(18)8-16(14)20-9-12-10-21-17-5-3-2-4-15(12)17/h2-8,12H,9-10H2,1H3. The maximum atomic E-state index is 11.7. The van der Waals surface area contributed by atoms with Crippen LogP contribution in [0.2, 0.25) is 0 Å². The number of carbonyl (C=O) groups is 1. The van der Waals surface area contributed by atoms with Crippen molar-refractivity contribution in [2.75, 3.05) is 12.4 Å². The molecule has 21 heavy (non-hydrogen) atoms. The average Bonchev–Trinajstić information content (AvgIpc) is 2.88. The first kappa shape index (κ1) is 14.7. The van der Waals surface area contributed by atoms with E-state index in [4.69, 9.17) is 4.74 Å². The molecule has 1 unspecified atom stereocenters. The van der Waals surface area contributed by atoms with Crippen molar-refractivity contribution in [1.82, 2.24) is 0 Å². The van der Waals surface area contributed by atoms with Crippen LogP contribution in [0, 0.1) is 0 Å². The van der Waals surface area contributed by atoms with Gasteiger partial charge in [0.1, 0.15) is 5.75 Å². The van der Waals surface area contributed by atoms with Gasteiger partial charge in [-0.05, 0) is 36.8 Å². The van der Waals surface area contributed by atoms with Crippen molar-refractivity contribution in [2.24, 2.45) is 0 Å². The Bertz CT molecular complexity index is 684. The van der Waals surface area contributed by atoms with Crippen LogP contribution in [0.15, 0.2) is 51.8 Å². The number of carbonyl (C=O) groups excluding carboxylic acids is 1. The summed E-state index contributed by atoms with van der Waals surface area (Å²) in [5.74, 6) is 2.10. The Kier molecular flexibility index (Phi) is 4.36. The Balaban J connectivity index is 1.77. The van der Waals surface area contributed by atoms with Gasteiger partial charge in [-0.2, -0.15) is 0 Å². The van der Waals surface area contributed by atoms with Gasteiger partial charge in [0, 0.05) is 21.0 Å². The molecule has 1 heterocycles. The fourth-order valence-corrected chi connectivity index (χ4v) is 4.04. The number of halogens is 1. The van der Waals surface area contributed by atoms with Gasteiger partial charge in [0.25, 0.3) is 0 Å². The van der Waals surface area contributed by atoms with Gasteiger partial charge in [-0.3, -0.25) is 4.79 Å². The zero-order valence-corrected chi connectivity index (χ0v) is 14.0. The topological polar surface area (TPSA) is 26.3 Å². The molecule has 0 amide bonds. The van der Waals surface area contributed by atoms with E-state index in [-0.39, 0.29) is 5.78 Å². The van der Waals surface area contributed by atoms with Crippen LogP contribution < -0.4 is 4.74 Å². The number of Topliss-reactive ketones (excluding diaryl/α,β-unsaturated/α-hetero) is 1. The molecule has 2 nitrogen and oxygen atoms in total. The number of ketones is 1. The zero-order chi connectivity index (χ0) is 14.8. The highest BCUT2D eigenvalue weighted by molar-refractivity contribution is 9.10. The van der Waals surface area contributed by atoms with E-state index in [1.165, 1.54) is 10.5 Å².